The maximum absolute atomic E-state index is 8.20. The van der Waals surface area contributed by atoms with Crippen molar-refractivity contribution in [3.8, 4) is 22.1 Å². The Morgan fingerprint density at radius 3 is 2.55 bits per heavy atom. The highest BCUT2D eigenvalue weighted by molar-refractivity contribution is 7.22. The first-order valence-electron chi connectivity index (χ1n) is 8.91. The fourth-order valence-corrected chi connectivity index (χ4v) is 4.80. The van der Waals surface area contributed by atoms with Gasteiger partial charge in [-0.3, -0.25) is 5.41 Å². The van der Waals surface area contributed by atoms with Crippen molar-refractivity contribution < 1.29 is 9.47 Å². The van der Waals surface area contributed by atoms with Gasteiger partial charge in [0.1, 0.15) is 11.5 Å². The van der Waals surface area contributed by atoms with Crippen molar-refractivity contribution in [3.05, 3.63) is 59.5 Å². The third kappa shape index (κ3) is 4.18. The number of ether oxygens (including phenoxy) is 2. The zero-order valence-electron chi connectivity index (χ0n) is 16.0. The van der Waals surface area contributed by atoms with Gasteiger partial charge in [0.15, 0.2) is 11.1 Å². The topological polar surface area (TPSA) is 79.3 Å². The van der Waals surface area contributed by atoms with E-state index in [0.29, 0.717) is 23.2 Å². The highest BCUT2D eigenvalue weighted by Crippen LogP contribution is 2.34. The molecule has 0 amide bonds. The number of rotatable bonds is 6. The largest absolute Gasteiger partial charge is 0.496 e. The van der Waals surface area contributed by atoms with Crippen LogP contribution in [0, 0.1) is 5.41 Å². The van der Waals surface area contributed by atoms with Crippen molar-refractivity contribution in [2.75, 3.05) is 19.5 Å². The molecule has 29 heavy (non-hydrogen) atoms. The lowest BCUT2D eigenvalue weighted by Crippen LogP contribution is -2.29. The molecule has 148 valence electrons. The number of anilines is 1. The number of hydrogen-bond acceptors (Lipinski definition) is 6. The molecule has 0 bridgehead atoms. The van der Waals surface area contributed by atoms with E-state index in [0.717, 1.165) is 16.1 Å². The number of thiophene rings is 1. The van der Waals surface area contributed by atoms with Gasteiger partial charge in [0.2, 0.25) is 0 Å². The minimum absolute atomic E-state index is 0.162. The van der Waals surface area contributed by atoms with Gasteiger partial charge in [0.05, 0.1) is 36.9 Å². The van der Waals surface area contributed by atoms with Crippen LogP contribution in [0.4, 0.5) is 5.13 Å². The van der Waals surface area contributed by atoms with E-state index in [2.05, 4.69) is 33.8 Å². The zero-order valence-corrected chi connectivity index (χ0v) is 17.6. The Balaban J connectivity index is 1.42. The third-order valence-electron chi connectivity index (χ3n) is 4.39. The normalized spacial score (nSPS) is 10.7. The van der Waals surface area contributed by atoms with Gasteiger partial charge in [-0.1, -0.05) is 24.3 Å². The first kappa shape index (κ1) is 19.2. The summed E-state index contributed by atoms with van der Waals surface area (Å²) in [6, 6.07) is 16.1. The summed E-state index contributed by atoms with van der Waals surface area (Å²) in [5.41, 5.74) is 1.77. The minimum Gasteiger partial charge on any atom is -0.496 e. The Labute approximate surface area is 176 Å². The molecule has 0 radical (unpaired) electrons. The van der Waals surface area contributed by atoms with Crippen LogP contribution in [0.5, 0.6) is 11.5 Å². The molecule has 0 atom stereocenters. The van der Waals surface area contributed by atoms with Gasteiger partial charge in [0, 0.05) is 10.1 Å². The van der Waals surface area contributed by atoms with Crippen molar-refractivity contribution in [1.29, 1.82) is 5.41 Å². The van der Waals surface area contributed by atoms with Crippen LogP contribution >= 0.6 is 22.7 Å². The van der Waals surface area contributed by atoms with E-state index >= 15 is 0 Å². The molecule has 4 aromatic rings. The molecule has 0 saturated heterocycles. The summed E-state index contributed by atoms with van der Waals surface area (Å²) in [5, 5.41) is 18.1. The number of nitrogens with zero attached hydrogens (tertiary/aromatic N) is 1. The Morgan fingerprint density at radius 1 is 1.07 bits per heavy atom. The number of fused-ring (bicyclic) bond motifs is 1. The van der Waals surface area contributed by atoms with Gasteiger partial charge >= 0.3 is 0 Å². The zero-order chi connectivity index (χ0) is 20.2. The molecule has 0 aliphatic rings. The van der Waals surface area contributed by atoms with Crippen LogP contribution in [0.3, 0.4) is 0 Å². The predicted molar refractivity (Wildman–Crippen MR) is 121 cm³/mol. The van der Waals surface area contributed by atoms with Gasteiger partial charge in [-0.15, -0.1) is 22.7 Å². The second-order valence-electron chi connectivity index (χ2n) is 6.18. The monoisotopic (exact) mass is 424 g/mol. The van der Waals surface area contributed by atoms with E-state index < -0.39 is 0 Å². The lowest BCUT2D eigenvalue weighted by Gasteiger charge is -2.14. The van der Waals surface area contributed by atoms with Crippen LogP contribution in [0.15, 0.2) is 53.9 Å². The Kier molecular flexibility index (Phi) is 5.64. The van der Waals surface area contributed by atoms with Crippen LogP contribution < -0.4 is 20.1 Å². The van der Waals surface area contributed by atoms with E-state index in [1.54, 1.807) is 25.6 Å². The maximum atomic E-state index is 8.20. The van der Waals surface area contributed by atoms with E-state index in [1.165, 1.54) is 21.4 Å². The Bertz CT molecular complexity index is 1100. The molecule has 0 aliphatic carbocycles. The SMILES string of the molecule is COc1cccc(OC)c1CNC(=N)Nc1nc(-c2cc3ccccc3s2)cs1. The van der Waals surface area contributed by atoms with Crippen LogP contribution in [-0.4, -0.2) is 25.2 Å². The molecule has 0 aliphatic heterocycles. The highest BCUT2D eigenvalue weighted by Gasteiger charge is 2.12. The van der Waals surface area contributed by atoms with E-state index in [4.69, 9.17) is 14.9 Å². The molecular weight excluding hydrogens is 404 g/mol. The molecule has 0 saturated carbocycles. The standard InChI is InChI=1S/C21H20N4O2S2/c1-26-16-7-5-8-17(27-2)14(16)11-23-20(22)25-21-24-15(12-28-21)19-10-13-6-3-4-9-18(13)29-19/h3-10,12H,11H2,1-2H3,(H3,22,23,24,25). The molecule has 0 fully saturated rings. The lowest BCUT2D eigenvalue weighted by molar-refractivity contribution is 0.384. The molecular formula is C21H20N4O2S2. The molecule has 2 aromatic heterocycles. The number of nitrogens with one attached hydrogen (secondary N) is 3. The number of hydrogen-bond donors (Lipinski definition) is 3. The lowest BCUT2D eigenvalue weighted by atomic mass is 10.1. The summed E-state index contributed by atoms with van der Waals surface area (Å²) < 4.78 is 12.0. The van der Waals surface area contributed by atoms with Gasteiger partial charge in [-0.25, -0.2) is 4.98 Å². The second-order valence-corrected chi connectivity index (χ2v) is 8.12. The summed E-state index contributed by atoms with van der Waals surface area (Å²) >= 11 is 3.19. The smallest absolute Gasteiger partial charge is 0.195 e. The van der Waals surface area contributed by atoms with Crippen molar-refractivity contribution in [2.24, 2.45) is 0 Å². The van der Waals surface area contributed by atoms with Crippen LogP contribution in [0.2, 0.25) is 0 Å². The average molecular weight is 425 g/mol. The summed E-state index contributed by atoms with van der Waals surface area (Å²) in [7, 11) is 3.24. The maximum Gasteiger partial charge on any atom is 0.195 e. The summed E-state index contributed by atoms with van der Waals surface area (Å²) in [6.45, 7) is 0.396. The Hall–Kier alpha value is -3.10. The highest BCUT2D eigenvalue weighted by atomic mass is 32.1. The number of benzene rings is 2. The number of aromatic nitrogens is 1. The van der Waals surface area contributed by atoms with Gasteiger partial charge in [-0.05, 0) is 29.7 Å². The van der Waals surface area contributed by atoms with Crippen molar-refractivity contribution >= 4 is 43.9 Å². The van der Waals surface area contributed by atoms with Crippen LogP contribution in [0.1, 0.15) is 5.56 Å². The summed E-state index contributed by atoms with van der Waals surface area (Å²) in [6.07, 6.45) is 0. The van der Waals surface area contributed by atoms with Crippen LogP contribution in [-0.2, 0) is 6.54 Å². The van der Waals surface area contributed by atoms with E-state index in [9.17, 15) is 0 Å². The van der Waals surface area contributed by atoms with E-state index in [1.807, 2.05) is 35.7 Å². The first-order valence-corrected chi connectivity index (χ1v) is 10.6. The van der Waals surface area contributed by atoms with Gasteiger partial charge in [-0.2, -0.15) is 0 Å². The van der Waals surface area contributed by atoms with E-state index in [-0.39, 0.29) is 5.96 Å². The van der Waals surface area contributed by atoms with Gasteiger partial charge in [0.25, 0.3) is 0 Å². The molecule has 6 nitrogen and oxygen atoms in total. The fraction of sp³-hybridized carbons (Fsp3) is 0.143. The molecule has 2 heterocycles. The number of methoxy groups -OCH3 is 2. The Morgan fingerprint density at radius 2 is 1.83 bits per heavy atom. The number of thiazole rings is 1. The third-order valence-corrected chi connectivity index (χ3v) is 6.28. The predicted octanol–water partition coefficient (Wildman–Crippen LogP) is 5.18. The average Bonchev–Trinajstić information content (AvgIpc) is 3.38. The first-order chi connectivity index (χ1) is 14.2. The minimum atomic E-state index is 0.162. The molecule has 8 heteroatoms. The van der Waals surface area contributed by atoms with Gasteiger partial charge < -0.3 is 20.1 Å². The quantitative estimate of drug-likeness (QED) is 0.294. The van der Waals surface area contributed by atoms with Crippen molar-refractivity contribution in [2.45, 2.75) is 6.54 Å². The van der Waals surface area contributed by atoms with Crippen molar-refractivity contribution in [3.63, 3.8) is 0 Å². The molecule has 0 unspecified atom stereocenters. The number of guanidine groups is 1. The van der Waals surface area contributed by atoms with Crippen molar-refractivity contribution in [1.82, 2.24) is 10.3 Å². The molecule has 2 aromatic carbocycles. The van der Waals surface area contributed by atoms with Crippen LogP contribution in [0.25, 0.3) is 20.7 Å². The summed E-state index contributed by atoms with van der Waals surface area (Å²) in [4.78, 5) is 5.75. The summed E-state index contributed by atoms with van der Waals surface area (Å²) in [5.74, 6) is 1.59. The fourth-order valence-electron chi connectivity index (χ4n) is 2.98. The molecule has 4 rings (SSSR count). The molecule has 3 N–H and O–H groups in total. The second kappa shape index (κ2) is 8.50. The molecule has 0 spiro atoms.